The van der Waals surface area contributed by atoms with E-state index >= 15 is 0 Å². The number of anilines is 1. The number of carbonyl (C=O) groups excluding carboxylic acids is 1. The highest BCUT2D eigenvalue weighted by molar-refractivity contribution is 8.01. The van der Waals surface area contributed by atoms with Crippen LogP contribution in [0.15, 0.2) is 27.4 Å². The van der Waals surface area contributed by atoms with Gasteiger partial charge in [0.15, 0.2) is 4.34 Å². The van der Waals surface area contributed by atoms with E-state index in [0.717, 1.165) is 10.1 Å². The van der Waals surface area contributed by atoms with Crippen LogP contribution in [0, 0.1) is 5.92 Å². The van der Waals surface area contributed by atoms with Crippen LogP contribution < -0.4 is 5.32 Å². The molecule has 1 aromatic carbocycles. The zero-order valence-electron chi connectivity index (χ0n) is 17.0. The molecule has 0 radical (unpaired) electrons. The summed E-state index contributed by atoms with van der Waals surface area (Å²) < 4.78 is 28.3. The third-order valence-electron chi connectivity index (χ3n) is 4.44. The first-order valence-corrected chi connectivity index (χ1v) is 13.0. The summed E-state index contributed by atoms with van der Waals surface area (Å²) in [6.07, 6.45) is 0. The molecule has 2 heterocycles. The highest BCUT2D eigenvalue weighted by Crippen LogP contribution is 2.29. The number of nitrogens with one attached hydrogen (secondary N) is 1. The summed E-state index contributed by atoms with van der Waals surface area (Å²) in [7, 11) is -1.84. The van der Waals surface area contributed by atoms with Crippen molar-refractivity contribution in [2.75, 3.05) is 44.3 Å². The zero-order valence-corrected chi connectivity index (χ0v) is 20.2. The number of halogens is 1. The molecule has 12 heteroatoms. The van der Waals surface area contributed by atoms with Gasteiger partial charge in [-0.2, -0.15) is 4.31 Å². The number of rotatable bonds is 7. The Labute approximate surface area is 190 Å². The molecule has 0 unspecified atom stereocenters. The molecule has 1 aliphatic rings. The summed E-state index contributed by atoms with van der Waals surface area (Å²) in [5.41, 5.74) is 0.193. The van der Waals surface area contributed by atoms with Gasteiger partial charge in [0, 0.05) is 37.5 Å². The van der Waals surface area contributed by atoms with E-state index in [1.807, 2.05) is 7.05 Å². The van der Waals surface area contributed by atoms with Crippen LogP contribution in [0.25, 0.3) is 0 Å². The van der Waals surface area contributed by atoms with Crippen molar-refractivity contribution in [2.24, 2.45) is 5.92 Å². The van der Waals surface area contributed by atoms with Crippen molar-refractivity contribution in [3.05, 3.63) is 28.8 Å². The highest BCUT2D eigenvalue weighted by atomic mass is 35.5. The molecule has 1 fully saturated rings. The normalized spacial score (nSPS) is 16.2. The third-order valence-corrected chi connectivity index (χ3v) is 9.22. The molecule has 8 nitrogen and oxygen atoms in total. The van der Waals surface area contributed by atoms with E-state index in [1.165, 1.54) is 33.8 Å². The van der Waals surface area contributed by atoms with Crippen molar-refractivity contribution in [1.29, 1.82) is 0 Å². The largest absolute Gasteiger partial charge is 0.304 e. The summed E-state index contributed by atoms with van der Waals surface area (Å²) in [5.74, 6) is 0.970. The smallest absolute Gasteiger partial charge is 0.257 e. The molecule has 0 saturated carbocycles. The summed E-state index contributed by atoms with van der Waals surface area (Å²) in [5, 5.41) is 11.2. The zero-order chi connectivity index (χ0) is 21.9. The van der Waals surface area contributed by atoms with Gasteiger partial charge in [0.25, 0.3) is 5.91 Å². The standard InChI is InChI=1S/C18H24ClN5O3S3/c1-12(2)11-28-18-22-21-17(29-18)20-16(25)13-4-5-14(19)15(10-13)30(26,27)24-8-6-23(3)7-9-24/h4-5,10,12H,6-9,11H2,1-3H3,(H,20,21,25). The van der Waals surface area contributed by atoms with Crippen LogP contribution in [-0.2, 0) is 10.0 Å². The molecule has 1 amide bonds. The maximum absolute atomic E-state index is 13.0. The number of likely N-dealkylation sites (N-methyl/N-ethyl adjacent to an activating group) is 1. The van der Waals surface area contributed by atoms with Gasteiger partial charge in [-0.15, -0.1) is 10.2 Å². The summed E-state index contributed by atoms with van der Waals surface area (Å²) in [6.45, 7) is 6.28. The summed E-state index contributed by atoms with van der Waals surface area (Å²) >= 11 is 9.06. The maximum atomic E-state index is 13.0. The van der Waals surface area contributed by atoms with E-state index in [2.05, 4.69) is 34.3 Å². The number of nitrogens with zero attached hydrogens (tertiary/aromatic N) is 4. The number of aromatic nitrogens is 2. The van der Waals surface area contributed by atoms with E-state index in [9.17, 15) is 13.2 Å². The number of amides is 1. The number of benzene rings is 1. The number of hydrogen-bond acceptors (Lipinski definition) is 8. The Hall–Kier alpha value is -1.24. The minimum Gasteiger partial charge on any atom is -0.304 e. The van der Waals surface area contributed by atoms with Gasteiger partial charge in [0.05, 0.1) is 5.02 Å². The van der Waals surface area contributed by atoms with Crippen LogP contribution in [0.4, 0.5) is 5.13 Å². The Bertz CT molecular complexity index is 1000. The molecule has 1 aromatic heterocycles. The SMILES string of the molecule is CC(C)CSc1nnc(NC(=O)c2ccc(Cl)c(S(=O)(=O)N3CCN(C)CC3)c2)s1. The second kappa shape index (κ2) is 9.92. The molecule has 0 atom stereocenters. The second-order valence-corrected chi connectivity index (χ2v) is 11.9. The van der Waals surface area contributed by atoms with E-state index in [4.69, 9.17) is 11.6 Å². The average molecular weight is 490 g/mol. The lowest BCUT2D eigenvalue weighted by molar-refractivity contribution is 0.102. The molecule has 0 aliphatic carbocycles. The van der Waals surface area contributed by atoms with Crippen LogP contribution in [0.3, 0.4) is 0 Å². The van der Waals surface area contributed by atoms with Gasteiger partial charge < -0.3 is 4.90 Å². The molecule has 3 rings (SSSR count). The van der Waals surface area contributed by atoms with Crippen LogP contribution >= 0.6 is 34.7 Å². The van der Waals surface area contributed by atoms with Crippen molar-refractivity contribution >= 4 is 55.8 Å². The van der Waals surface area contributed by atoms with Gasteiger partial charge in [-0.1, -0.05) is 48.5 Å². The molecule has 30 heavy (non-hydrogen) atoms. The quantitative estimate of drug-likeness (QED) is 0.471. The lowest BCUT2D eigenvalue weighted by Gasteiger charge is -2.31. The van der Waals surface area contributed by atoms with Gasteiger partial charge in [0.1, 0.15) is 4.90 Å². The van der Waals surface area contributed by atoms with Gasteiger partial charge in [-0.3, -0.25) is 10.1 Å². The van der Waals surface area contributed by atoms with E-state index in [-0.39, 0.29) is 15.5 Å². The number of carbonyl (C=O) groups is 1. The van der Waals surface area contributed by atoms with E-state index in [1.54, 1.807) is 11.8 Å². The predicted octanol–water partition coefficient (Wildman–Crippen LogP) is 3.13. The van der Waals surface area contributed by atoms with Gasteiger partial charge in [-0.05, 0) is 31.2 Å². The first kappa shape index (κ1) is 23.4. The van der Waals surface area contributed by atoms with Crippen LogP contribution in [0.1, 0.15) is 24.2 Å². The van der Waals surface area contributed by atoms with Crippen molar-refractivity contribution < 1.29 is 13.2 Å². The van der Waals surface area contributed by atoms with Crippen molar-refractivity contribution in [1.82, 2.24) is 19.4 Å². The van der Waals surface area contributed by atoms with Crippen LogP contribution in [0.5, 0.6) is 0 Å². The van der Waals surface area contributed by atoms with Crippen LogP contribution in [0.2, 0.25) is 5.02 Å². The first-order valence-electron chi connectivity index (χ1n) is 9.42. The Balaban J connectivity index is 1.75. The molecule has 1 aliphatic heterocycles. The fourth-order valence-electron chi connectivity index (χ4n) is 2.74. The lowest BCUT2D eigenvalue weighted by atomic mass is 10.2. The molecule has 164 valence electrons. The number of piperazine rings is 1. The van der Waals surface area contributed by atoms with Gasteiger partial charge in [-0.25, -0.2) is 8.42 Å². The van der Waals surface area contributed by atoms with Crippen molar-refractivity contribution in [3.8, 4) is 0 Å². The monoisotopic (exact) mass is 489 g/mol. The fraction of sp³-hybridized carbons (Fsp3) is 0.500. The Morgan fingerprint density at radius 2 is 1.97 bits per heavy atom. The van der Waals surface area contributed by atoms with Crippen molar-refractivity contribution in [3.63, 3.8) is 0 Å². The first-order chi connectivity index (χ1) is 14.2. The van der Waals surface area contributed by atoms with Gasteiger partial charge in [0.2, 0.25) is 15.2 Å². The lowest BCUT2D eigenvalue weighted by Crippen LogP contribution is -2.47. The molecular weight excluding hydrogens is 466 g/mol. The summed E-state index contributed by atoms with van der Waals surface area (Å²) in [4.78, 5) is 14.7. The molecule has 0 bridgehead atoms. The molecule has 2 aromatic rings. The average Bonchev–Trinajstić information content (AvgIpc) is 3.14. The molecule has 1 saturated heterocycles. The number of thioether (sulfide) groups is 1. The maximum Gasteiger partial charge on any atom is 0.257 e. The molecule has 0 spiro atoms. The van der Waals surface area contributed by atoms with E-state index in [0.29, 0.717) is 37.2 Å². The third kappa shape index (κ3) is 5.71. The highest BCUT2D eigenvalue weighted by Gasteiger charge is 2.30. The minimum atomic E-state index is -3.79. The Morgan fingerprint density at radius 3 is 2.63 bits per heavy atom. The van der Waals surface area contributed by atoms with E-state index < -0.39 is 15.9 Å². The number of sulfonamides is 1. The summed E-state index contributed by atoms with van der Waals surface area (Å²) in [6, 6.07) is 4.25. The molecular formula is C18H24ClN5O3S3. The van der Waals surface area contributed by atoms with Crippen molar-refractivity contribution in [2.45, 2.75) is 23.1 Å². The Morgan fingerprint density at radius 1 is 1.27 bits per heavy atom. The second-order valence-electron chi connectivity index (χ2n) is 7.38. The fourth-order valence-corrected chi connectivity index (χ4v) is 6.38. The predicted molar refractivity (Wildman–Crippen MR) is 121 cm³/mol. The Kier molecular flexibility index (Phi) is 7.75. The minimum absolute atomic E-state index is 0.0631. The molecule has 1 N–H and O–H groups in total. The van der Waals surface area contributed by atoms with Crippen LogP contribution in [-0.4, -0.2) is 72.7 Å². The van der Waals surface area contributed by atoms with Gasteiger partial charge >= 0.3 is 0 Å². The topological polar surface area (TPSA) is 95.5 Å². The number of hydrogen-bond donors (Lipinski definition) is 1.